The van der Waals surface area contributed by atoms with Crippen molar-refractivity contribution < 1.29 is 22.7 Å². The van der Waals surface area contributed by atoms with Crippen molar-refractivity contribution in [2.24, 2.45) is 0 Å². The van der Waals surface area contributed by atoms with E-state index in [1.807, 2.05) is 0 Å². The van der Waals surface area contributed by atoms with Gasteiger partial charge in [-0.2, -0.15) is 4.31 Å². The predicted molar refractivity (Wildman–Crippen MR) is 68.5 cm³/mol. The highest BCUT2D eigenvalue weighted by molar-refractivity contribution is 7.89. The van der Waals surface area contributed by atoms with Crippen LogP contribution in [0.5, 0.6) is 0 Å². The van der Waals surface area contributed by atoms with Crippen molar-refractivity contribution in [1.82, 2.24) is 4.31 Å². The molecular weight excluding hydrogens is 275 g/mol. The summed E-state index contributed by atoms with van der Waals surface area (Å²) in [5, 5.41) is 9.50. The number of nitrogens with zero attached hydrogens (tertiary/aromatic N) is 1. The van der Waals surface area contributed by atoms with Gasteiger partial charge in [0.2, 0.25) is 10.0 Å². The lowest BCUT2D eigenvalue weighted by molar-refractivity contribution is 0.0554. The lowest BCUT2D eigenvalue weighted by Gasteiger charge is -2.20. The number of halogens is 1. The molecule has 0 heterocycles. The zero-order valence-corrected chi connectivity index (χ0v) is 11.5. The van der Waals surface area contributed by atoms with Crippen molar-refractivity contribution in [3.8, 4) is 0 Å². The van der Waals surface area contributed by atoms with Crippen molar-refractivity contribution >= 4 is 15.7 Å². The van der Waals surface area contributed by atoms with E-state index in [9.17, 15) is 17.9 Å². The van der Waals surface area contributed by atoms with Crippen LogP contribution >= 0.6 is 0 Å². The fourth-order valence-corrected chi connectivity index (χ4v) is 2.83. The van der Waals surface area contributed by atoms with E-state index in [0.717, 1.165) is 16.4 Å². The molecule has 1 rings (SSSR count). The molecule has 0 fully saturated rings. The molecule has 0 aliphatic rings. The molecule has 3 N–H and O–H groups in total. The van der Waals surface area contributed by atoms with Gasteiger partial charge in [0.15, 0.2) is 0 Å². The van der Waals surface area contributed by atoms with Crippen LogP contribution in [0.1, 0.15) is 0 Å². The van der Waals surface area contributed by atoms with Gasteiger partial charge in [0.1, 0.15) is 10.7 Å². The first-order valence-electron chi connectivity index (χ1n) is 5.47. The molecular formula is C11H17FN2O4S. The third-order valence-corrected chi connectivity index (χ3v) is 4.31. The zero-order valence-electron chi connectivity index (χ0n) is 10.7. The third kappa shape index (κ3) is 3.87. The van der Waals surface area contributed by atoms with Crippen molar-refractivity contribution in [3.05, 3.63) is 24.0 Å². The minimum absolute atomic E-state index is 0.0146. The Labute approximate surface area is 111 Å². The minimum Gasteiger partial charge on any atom is -0.399 e. The number of rotatable bonds is 6. The van der Waals surface area contributed by atoms with Gasteiger partial charge in [0, 0.05) is 26.4 Å². The van der Waals surface area contributed by atoms with Gasteiger partial charge in [-0.05, 0) is 18.2 Å². The summed E-state index contributed by atoms with van der Waals surface area (Å²) >= 11 is 0. The van der Waals surface area contributed by atoms with E-state index < -0.39 is 26.8 Å². The number of hydrogen-bond donors (Lipinski definition) is 2. The van der Waals surface area contributed by atoms with Crippen LogP contribution in [0, 0.1) is 5.82 Å². The predicted octanol–water partition coefficient (Wildman–Crippen LogP) is 0.0357. The summed E-state index contributed by atoms with van der Waals surface area (Å²) < 4.78 is 43.4. The molecule has 1 atom stereocenters. The Hall–Kier alpha value is -1.22. The van der Waals surface area contributed by atoms with Crippen LogP contribution in [0.3, 0.4) is 0 Å². The summed E-state index contributed by atoms with van der Waals surface area (Å²) in [6.45, 7) is -0.219. The molecule has 0 amide bonds. The quantitative estimate of drug-likeness (QED) is 0.722. The first-order valence-corrected chi connectivity index (χ1v) is 6.91. The molecule has 0 saturated carbocycles. The first-order chi connectivity index (χ1) is 8.78. The SMILES string of the molecule is COCC(O)CN(C)S(=O)(=O)c1cc(N)ccc1F. The molecule has 1 aromatic carbocycles. The second-order valence-corrected chi connectivity index (χ2v) is 6.10. The fourth-order valence-electron chi connectivity index (χ4n) is 1.53. The van der Waals surface area contributed by atoms with Gasteiger partial charge in [0.05, 0.1) is 12.7 Å². The highest BCUT2D eigenvalue weighted by Gasteiger charge is 2.26. The average molecular weight is 292 g/mol. The molecule has 0 bridgehead atoms. The molecule has 0 saturated heterocycles. The van der Waals surface area contributed by atoms with Crippen LogP contribution in [0.15, 0.2) is 23.1 Å². The second kappa shape index (κ2) is 6.29. The molecule has 0 radical (unpaired) electrons. The van der Waals surface area contributed by atoms with Gasteiger partial charge >= 0.3 is 0 Å². The van der Waals surface area contributed by atoms with Crippen LogP contribution in [-0.4, -0.2) is 51.2 Å². The van der Waals surface area contributed by atoms with Crippen LogP contribution in [0.4, 0.5) is 10.1 Å². The number of aliphatic hydroxyl groups is 1. The maximum absolute atomic E-state index is 13.6. The lowest BCUT2D eigenvalue weighted by atomic mass is 10.3. The molecule has 0 spiro atoms. The monoisotopic (exact) mass is 292 g/mol. The summed E-state index contributed by atoms with van der Waals surface area (Å²) in [6, 6.07) is 3.31. The standard InChI is InChI=1S/C11H17FN2O4S/c1-14(6-9(15)7-18-2)19(16,17)11-5-8(13)3-4-10(11)12/h3-5,9,15H,6-7,13H2,1-2H3. The Bertz CT molecular complexity index is 535. The maximum Gasteiger partial charge on any atom is 0.245 e. The Balaban J connectivity index is 3.00. The van der Waals surface area contributed by atoms with Crippen molar-refractivity contribution in [2.45, 2.75) is 11.0 Å². The first kappa shape index (κ1) is 15.8. The van der Waals surface area contributed by atoms with Gasteiger partial charge in [-0.15, -0.1) is 0 Å². The second-order valence-electron chi connectivity index (χ2n) is 4.08. The molecule has 0 aliphatic heterocycles. The molecule has 0 aliphatic carbocycles. The fraction of sp³-hybridized carbons (Fsp3) is 0.455. The number of likely N-dealkylation sites (N-methyl/N-ethyl adjacent to an activating group) is 1. The van der Waals surface area contributed by atoms with Gasteiger partial charge in [0.25, 0.3) is 0 Å². The molecule has 1 aromatic rings. The van der Waals surface area contributed by atoms with Crippen molar-refractivity contribution in [1.29, 1.82) is 0 Å². The molecule has 8 heteroatoms. The number of hydrogen-bond acceptors (Lipinski definition) is 5. The van der Waals surface area contributed by atoms with Crippen LogP contribution < -0.4 is 5.73 Å². The largest absolute Gasteiger partial charge is 0.399 e. The number of benzene rings is 1. The van der Waals surface area contributed by atoms with Crippen LogP contribution in [0.25, 0.3) is 0 Å². The van der Waals surface area contributed by atoms with E-state index in [1.54, 1.807) is 0 Å². The van der Waals surface area contributed by atoms with Gasteiger partial charge in [-0.3, -0.25) is 0 Å². The van der Waals surface area contributed by atoms with Crippen LogP contribution in [0.2, 0.25) is 0 Å². The minimum atomic E-state index is -4.04. The summed E-state index contributed by atoms with van der Waals surface area (Å²) in [7, 11) is -1.41. The Morgan fingerprint density at radius 1 is 1.53 bits per heavy atom. The van der Waals surface area contributed by atoms with E-state index in [-0.39, 0.29) is 18.8 Å². The highest BCUT2D eigenvalue weighted by atomic mass is 32.2. The number of sulfonamides is 1. The molecule has 6 nitrogen and oxygen atoms in total. The number of methoxy groups -OCH3 is 1. The third-order valence-electron chi connectivity index (χ3n) is 2.47. The van der Waals surface area contributed by atoms with E-state index in [4.69, 9.17) is 10.5 Å². The van der Waals surface area contributed by atoms with E-state index in [0.29, 0.717) is 0 Å². The zero-order chi connectivity index (χ0) is 14.6. The molecule has 1 unspecified atom stereocenters. The average Bonchev–Trinajstić information content (AvgIpc) is 2.32. The van der Waals surface area contributed by atoms with Gasteiger partial charge in [-0.25, -0.2) is 12.8 Å². The smallest absolute Gasteiger partial charge is 0.245 e. The topological polar surface area (TPSA) is 92.9 Å². The molecule has 19 heavy (non-hydrogen) atoms. The number of aliphatic hydroxyl groups excluding tert-OH is 1. The van der Waals surface area contributed by atoms with Gasteiger partial charge in [-0.1, -0.05) is 0 Å². The normalized spacial score (nSPS) is 13.7. The number of nitrogen functional groups attached to an aromatic ring is 1. The molecule has 0 aromatic heterocycles. The number of anilines is 1. The summed E-state index contributed by atoms with van der Waals surface area (Å²) in [6.07, 6.45) is -0.992. The number of ether oxygens (including phenoxy) is 1. The maximum atomic E-state index is 13.6. The highest BCUT2D eigenvalue weighted by Crippen LogP contribution is 2.21. The van der Waals surface area contributed by atoms with Gasteiger partial charge < -0.3 is 15.6 Å². The Morgan fingerprint density at radius 3 is 2.74 bits per heavy atom. The van der Waals surface area contributed by atoms with Crippen LogP contribution in [-0.2, 0) is 14.8 Å². The number of nitrogens with two attached hydrogens (primary N) is 1. The van der Waals surface area contributed by atoms with E-state index in [2.05, 4.69) is 0 Å². The lowest BCUT2D eigenvalue weighted by Crippen LogP contribution is -2.36. The van der Waals surface area contributed by atoms with E-state index >= 15 is 0 Å². The molecule has 108 valence electrons. The van der Waals surface area contributed by atoms with E-state index in [1.165, 1.54) is 20.2 Å². The van der Waals surface area contributed by atoms with Crippen molar-refractivity contribution in [2.75, 3.05) is 33.0 Å². The Kier molecular flexibility index (Phi) is 5.24. The summed E-state index contributed by atoms with van der Waals surface area (Å²) in [5.74, 6) is -0.887. The summed E-state index contributed by atoms with van der Waals surface area (Å²) in [5.41, 5.74) is 5.60. The summed E-state index contributed by atoms with van der Waals surface area (Å²) in [4.78, 5) is -0.514. The van der Waals surface area contributed by atoms with Crippen molar-refractivity contribution in [3.63, 3.8) is 0 Å². The Morgan fingerprint density at radius 2 is 2.16 bits per heavy atom.